The van der Waals surface area contributed by atoms with Crippen LogP contribution < -0.4 is 15.4 Å². The number of para-hydroxylation sites is 2. The van der Waals surface area contributed by atoms with Crippen molar-refractivity contribution in [3.63, 3.8) is 0 Å². The van der Waals surface area contributed by atoms with Gasteiger partial charge in [0.2, 0.25) is 0 Å². The first kappa shape index (κ1) is 17.2. The van der Waals surface area contributed by atoms with Crippen molar-refractivity contribution in [2.75, 3.05) is 16.8 Å². The summed E-state index contributed by atoms with van der Waals surface area (Å²) in [5.74, 6) is 0.251. The minimum absolute atomic E-state index is 0.0537. The highest BCUT2D eigenvalue weighted by Gasteiger charge is 2.29. The molecule has 0 unspecified atom stereocenters. The van der Waals surface area contributed by atoms with E-state index < -0.39 is 27.7 Å². The first-order valence-corrected chi connectivity index (χ1v) is 9.54. The normalized spacial score (nSPS) is 18.5. The molecule has 2 amide bonds. The van der Waals surface area contributed by atoms with E-state index in [2.05, 4.69) is 10.6 Å². The molecule has 25 heavy (non-hydrogen) atoms. The highest BCUT2D eigenvalue weighted by atomic mass is 32.2. The summed E-state index contributed by atoms with van der Waals surface area (Å²) >= 11 is 0. The zero-order valence-electron chi connectivity index (χ0n) is 13.2. The zero-order valence-corrected chi connectivity index (χ0v) is 14.1. The number of nitrogens with one attached hydrogen (secondary N) is 2. The molecular weight excluding hydrogens is 347 g/mol. The number of carbonyl (C=O) groups is 1. The smallest absolute Gasteiger partial charge is 0.319 e. The molecule has 8 heteroatoms. The molecule has 2 N–H and O–H groups in total. The number of carbonyl (C=O) groups excluding carboxylic acids is 1. The monoisotopic (exact) mass is 364 g/mol. The summed E-state index contributed by atoms with van der Waals surface area (Å²) in [5, 5.41) is 5.27. The Morgan fingerprint density at radius 3 is 2.68 bits per heavy atom. The number of benzene rings is 2. The number of amides is 2. The molecule has 1 atom stereocenters. The summed E-state index contributed by atoms with van der Waals surface area (Å²) < 4.78 is 41.8. The van der Waals surface area contributed by atoms with Gasteiger partial charge in [-0.2, -0.15) is 0 Å². The molecule has 0 aliphatic carbocycles. The maximum atomic E-state index is 13.3. The number of sulfone groups is 1. The fourth-order valence-electron chi connectivity index (χ4n) is 2.57. The molecule has 0 saturated carbocycles. The number of hydrogen-bond acceptors (Lipinski definition) is 4. The van der Waals surface area contributed by atoms with Gasteiger partial charge >= 0.3 is 6.03 Å². The summed E-state index contributed by atoms with van der Waals surface area (Å²) in [6, 6.07) is 11.5. The quantitative estimate of drug-likeness (QED) is 0.874. The van der Waals surface area contributed by atoms with E-state index in [0.29, 0.717) is 23.6 Å². The van der Waals surface area contributed by atoms with Crippen LogP contribution in [0.25, 0.3) is 0 Å². The first-order chi connectivity index (χ1) is 11.9. The number of ether oxygens (including phenoxy) is 1. The Hall–Kier alpha value is -2.61. The van der Waals surface area contributed by atoms with Gasteiger partial charge in [0.05, 0.1) is 17.2 Å². The lowest BCUT2D eigenvalue weighted by atomic mass is 10.2. The maximum Gasteiger partial charge on any atom is 0.319 e. The van der Waals surface area contributed by atoms with Crippen molar-refractivity contribution >= 4 is 21.6 Å². The van der Waals surface area contributed by atoms with E-state index in [1.807, 2.05) is 0 Å². The van der Waals surface area contributed by atoms with E-state index >= 15 is 0 Å². The molecule has 3 rings (SSSR count). The summed E-state index contributed by atoms with van der Waals surface area (Å²) in [4.78, 5) is 12.1. The number of urea groups is 1. The van der Waals surface area contributed by atoms with Crippen LogP contribution in [-0.2, 0) is 9.84 Å². The Morgan fingerprint density at radius 2 is 1.96 bits per heavy atom. The van der Waals surface area contributed by atoms with Crippen molar-refractivity contribution in [2.24, 2.45) is 0 Å². The molecule has 1 aliphatic rings. The minimum Gasteiger partial charge on any atom is -0.455 e. The fraction of sp³-hybridized carbons (Fsp3) is 0.235. The maximum absolute atomic E-state index is 13.3. The average molecular weight is 364 g/mol. The van der Waals surface area contributed by atoms with Crippen molar-refractivity contribution in [2.45, 2.75) is 12.5 Å². The van der Waals surface area contributed by atoms with E-state index in [4.69, 9.17) is 4.74 Å². The van der Waals surface area contributed by atoms with Crippen molar-refractivity contribution in [1.29, 1.82) is 0 Å². The van der Waals surface area contributed by atoms with E-state index in [-0.39, 0.29) is 11.5 Å². The summed E-state index contributed by atoms with van der Waals surface area (Å²) in [6.07, 6.45) is 0.400. The Balaban J connectivity index is 1.67. The van der Waals surface area contributed by atoms with Gasteiger partial charge in [0, 0.05) is 12.1 Å². The third-order valence-corrected chi connectivity index (χ3v) is 5.49. The van der Waals surface area contributed by atoms with Gasteiger partial charge in [-0.25, -0.2) is 17.6 Å². The molecule has 1 fully saturated rings. The molecular formula is C17H17FN2O4S. The van der Waals surface area contributed by atoms with Crippen molar-refractivity contribution < 1.29 is 22.3 Å². The number of hydrogen-bond donors (Lipinski definition) is 2. The first-order valence-electron chi connectivity index (χ1n) is 7.72. The van der Waals surface area contributed by atoms with Crippen LogP contribution in [0.15, 0.2) is 48.5 Å². The number of anilines is 1. The largest absolute Gasteiger partial charge is 0.455 e. The molecule has 1 saturated heterocycles. The molecule has 2 aromatic carbocycles. The highest BCUT2D eigenvalue weighted by molar-refractivity contribution is 7.91. The molecule has 0 spiro atoms. The van der Waals surface area contributed by atoms with Crippen LogP contribution in [0.4, 0.5) is 14.9 Å². The van der Waals surface area contributed by atoms with E-state index in [1.165, 1.54) is 18.2 Å². The lowest BCUT2D eigenvalue weighted by molar-refractivity contribution is 0.249. The van der Waals surface area contributed by atoms with Crippen LogP contribution in [0, 0.1) is 5.82 Å². The van der Waals surface area contributed by atoms with E-state index in [1.54, 1.807) is 30.3 Å². The standard InChI is InChI=1S/C17H17FN2O4S/c18-12-4-3-5-14(10-12)24-16-7-2-1-6-15(16)20-17(21)19-13-8-9-25(22,23)11-13/h1-7,10,13H,8-9,11H2,(H2,19,20,21)/t13-/m0/s1. The van der Waals surface area contributed by atoms with Crippen LogP contribution in [0.1, 0.15) is 6.42 Å². The van der Waals surface area contributed by atoms with Gasteiger partial charge in [-0.05, 0) is 30.7 Å². The summed E-state index contributed by atoms with van der Waals surface area (Å²) in [6.45, 7) is 0. The molecule has 2 aromatic rings. The highest BCUT2D eigenvalue weighted by Crippen LogP contribution is 2.29. The van der Waals surface area contributed by atoms with Crippen molar-refractivity contribution in [3.05, 3.63) is 54.3 Å². The lowest BCUT2D eigenvalue weighted by Gasteiger charge is -2.15. The van der Waals surface area contributed by atoms with Gasteiger partial charge in [0.1, 0.15) is 11.6 Å². The van der Waals surface area contributed by atoms with Crippen LogP contribution in [0.2, 0.25) is 0 Å². The second-order valence-electron chi connectivity index (χ2n) is 5.75. The van der Waals surface area contributed by atoms with E-state index in [0.717, 1.165) is 0 Å². The van der Waals surface area contributed by atoms with Crippen molar-refractivity contribution in [3.8, 4) is 11.5 Å². The Morgan fingerprint density at radius 1 is 1.16 bits per heavy atom. The van der Waals surface area contributed by atoms with Crippen LogP contribution in [0.3, 0.4) is 0 Å². The third kappa shape index (κ3) is 4.69. The predicted octanol–water partition coefficient (Wildman–Crippen LogP) is 2.93. The lowest BCUT2D eigenvalue weighted by Crippen LogP contribution is -2.38. The van der Waals surface area contributed by atoms with E-state index in [9.17, 15) is 17.6 Å². The van der Waals surface area contributed by atoms with Gasteiger partial charge in [0.25, 0.3) is 0 Å². The molecule has 1 heterocycles. The molecule has 0 radical (unpaired) electrons. The summed E-state index contributed by atoms with van der Waals surface area (Å²) in [5.41, 5.74) is 0.394. The van der Waals surface area contributed by atoms with Gasteiger partial charge < -0.3 is 15.4 Å². The van der Waals surface area contributed by atoms with Crippen LogP contribution >= 0.6 is 0 Å². The summed E-state index contributed by atoms with van der Waals surface area (Å²) in [7, 11) is -3.07. The SMILES string of the molecule is O=C(Nc1ccccc1Oc1cccc(F)c1)N[C@H]1CCS(=O)(=O)C1. The van der Waals surface area contributed by atoms with Gasteiger partial charge in [-0.15, -0.1) is 0 Å². The predicted molar refractivity (Wildman–Crippen MR) is 92.1 cm³/mol. The second-order valence-corrected chi connectivity index (χ2v) is 7.98. The molecule has 0 aromatic heterocycles. The Labute approximate surface area is 144 Å². The average Bonchev–Trinajstić information content (AvgIpc) is 2.88. The topological polar surface area (TPSA) is 84.5 Å². The molecule has 6 nitrogen and oxygen atoms in total. The third-order valence-electron chi connectivity index (χ3n) is 3.73. The van der Waals surface area contributed by atoms with Crippen molar-refractivity contribution in [1.82, 2.24) is 5.32 Å². The fourth-order valence-corrected chi connectivity index (χ4v) is 4.24. The number of rotatable bonds is 4. The molecule has 132 valence electrons. The molecule has 1 aliphatic heterocycles. The second kappa shape index (κ2) is 7.10. The van der Waals surface area contributed by atoms with Gasteiger partial charge in [0.15, 0.2) is 15.6 Å². The zero-order chi connectivity index (χ0) is 17.9. The Bertz CT molecular complexity index is 886. The van der Waals surface area contributed by atoms with Crippen LogP contribution in [0.5, 0.6) is 11.5 Å². The molecule has 0 bridgehead atoms. The number of halogens is 1. The van der Waals surface area contributed by atoms with Gasteiger partial charge in [-0.3, -0.25) is 0 Å². The minimum atomic E-state index is -3.07. The Kier molecular flexibility index (Phi) is 4.89. The van der Waals surface area contributed by atoms with Gasteiger partial charge in [-0.1, -0.05) is 18.2 Å². The van der Waals surface area contributed by atoms with Crippen LogP contribution in [-0.4, -0.2) is 32.0 Å².